The van der Waals surface area contributed by atoms with Crippen molar-refractivity contribution in [2.45, 2.75) is 25.7 Å². The summed E-state index contributed by atoms with van der Waals surface area (Å²) in [6, 6.07) is 6.57. The van der Waals surface area contributed by atoms with Crippen LogP contribution in [0.4, 0.5) is 10.1 Å². The molecule has 3 fully saturated rings. The predicted octanol–water partition coefficient (Wildman–Crippen LogP) is 4.47. The number of hydrogen-bond acceptors (Lipinski definition) is 7. The lowest BCUT2D eigenvalue weighted by Crippen LogP contribution is -2.48. The number of hydroxylamine groups is 2. The number of carbonyl (C=O) groups is 4. The number of rotatable bonds is 3. The number of hydrogen-bond donors (Lipinski definition) is 2. The number of halogens is 3. The Kier molecular flexibility index (Phi) is 6.03. The third kappa shape index (κ3) is 3.42. The molecule has 0 unspecified atom stereocenters. The van der Waals surface area contributed by atoms with Gasteiger partial charge in [0.15, 0.2) is 11.5 Å². The van der Waals surface area contributed by atoms with Crippen LogP contribution in [0.5, 0.6) is 11.5 Å². The van der Waals surface area contributed by atoms with Crippen molar-refractivity contribution in [2.75, 3.05) is 12.0 Å². The van der Waals surface area contributed by atoms with Gasteiger partial charge in [-0.15, -0.1) is 0 Å². The Morgan fingerprint density at radius 2 is 1.75 bits per heavy atom. The van der Waals surface area contributed by atoms with Gasteiger partial charge in [0.05, 0.1) is 46.0 Å². The van der Waals surface area contributed by atoms with E-state index in [-0.39, 0.29) is 45.1 Å². The lowest BCUT2D eigenvalue weighted by Gasteiger charge is -2.49. The Hall–Kier alpha value is -3.47. The summed E-state index contributed by atoms with van der Waals surface area (Å²) < 4.78 is 19.3. The van der Waals surface area contributed by atoms with Gasteiger partial charge in [0, 0.05) is 5.92 Å². The molecule has 40 heavy (non-hydrogen) atoms. The van der Waals surface area contributed by atoms with Crippen molar-refractivity contribution >= 4 is 52.5 Å². The van der Waals surface area contributed by atoms with E-state index in [0.717, 1.165) is 11.0 Å². The fourth-order valence-electron chi connectivity index (χ4n) is 7.17. The molecule has 6 rings (SSSR count). The van der Waals surface area contributed by atoms with E-state index in [0.29, 0.717) is 11.1 Å². The molecular weight excluding hydrogens is 566 g/mol. The number of phenols is 1. The highest BCUT2D eigenvalue weighted by Crippen LogP contribution is 2.64. The Bertz CT molecular complexity index is 1560. The fourth-order valence-corrected chi connectivity index (χ4v) is 7.56. The summed E-state index contributed by atoms with van der Waals surface area (Å²) in [5.41, 5.74) is -0.191. The van der Waals surface area contributed by atoms with Crippen molar-refractivity contribution in [1.82, 2.24) is 5.06 Å². The van der Waals surface area contributed by atoms with E-state index in [1.807, 2.05) is 0 Å². The van der Waals surface area contributed by atoms with Crippen LogP contribution in [-0.2, 0) is 19.2 Å². The molecule has 6 atom stereocenters. The molecule has 2 aliphatic heterocycles. The highest BCUT2D eigenvalue weighted by atomic mass is 35.5. The normalized spacial score (nSPS) is 31.2. The lowest BCUT2D eigenvalue weighted by molar-refractivity contribution is -0.173. The number of fused-ring (bicyclic) bond motifs is 4. The van der Waals surface area contributed by atoms with E-state index in [1.54, 1.807) is 13.0 Å². The molecule has 2 N–H and O–H groups in total. The van der Waals surface area contributed by atoms with Crippen molar-refractivity contribution in [3.05, 3.63) is 63.4 Å². The van der Waals surface area contributed by atoms with Gasteiger partial charge in [0.25, 0.3) is 11.8 Å². The molecule has 2 saturated heterocycles. The number of allylic oxidation sites excluding steroid dienone is 2. The first-order valence-corrected chi connectivity index (χ1v) is 13.3. The summed E-state index contributed by atoms with van der Waals surface area (Å²) in [5, 5.41) is 20.4. The molecular formula is C28H23Cl2FN2O7. The molecule has 2 aromatic rings. The number of anilines is 1. The van der Waals surface area contributed by atoms with Crippen molar-refractivity contribution in [3.8, 4) is 11.5 Å². The van der Waals surface area contributed by atoms with Crippen LogP contribution in [0, 0.1) is 34.9 Å². The van der Waals surface area contributed by atoms with Crippen LogP contribution >= 0.6 is 23.2 Å². The third-order valence-electron chi connectivity index (χ3n) is 9.02. The van der Waals surface area contributed by atoms with E-state index < -0.39 is 64.5 Å². The van der Waals surface area contributed by atoms with E-state index in [1.165, 1.54) is 31.4 Å². The van der Waals surface area contributed by atoms with E-state index in [9.17, 15) is 33.9 Å². The molecule has 12 heteroatoms. The van der Waals surface area contributed by atoms with Crippen molar-refractivity contribution in [3.63, 3.8) is 0 Å². The molecule has 2 heterocycles. The Labute approximate surface area is 237 Å². The minimum atomic E-state index is -1.40. The molecule has 2 aliphatic carbocycles. The molecule has 208 valence electrons. The predicted molar refractivity (Wildman–Crippen MR) is 139 cm³/mol. The number of imide groups is 2. The fraction of sp³-hybridized carbons (Fsp3) is 0.357. The quantitative estimate of drug-likeness (QED) is 0.308. The first kappa shape index (κ1) is 26.7. The number of amides is 4. The first-order valence-electron chi connectivity index (χ1n) is 12.6. The maximum Gasteiger partial charge on any atom is 0.257 e. The second kappa shape index (κ2) is 9.02. The van der Waals surface area contributed by atoms with Crippen molar-refractivity contribution in [1.29, 1.82) is 0 Å². The second-order valence-electron chi connectivity index (χ2n) is 10.8. The first-order chi connectivity index (χ1) is 18.9. The molecule has 1 saturated carbocycles. The van der Waals surface area contributed by atoms with Gasteiger partial charge in [-0.1, -0.05) is 34.9 Å². The van der Waals surface area contributed by atoms with Gasteiger partial charge in [-0.05, 0) is 61.6 Å². The number of methoxy groups -OCH3 is 1. The Morgan fingerprint density at radius 3 is 2.42 bits per heavy atom. The highest BCUT2D eigenvalue weighted by Gasteiger charge is 2.67. The zero-order valence-corrected chi connectivity index (χ0v) is 22.7. The number of ether oxygens (including phenoxy) is 1. The molecule has 0 spiro atoms. The SMILES string of the molecule is COc1cc([C@H]2C3=CC[C@@H]4C(=O)N(O)C(=O)[C@@H]4[C@@H]3C[C@H]3C(=O)N(c4ccc(F)c(Cl)c4)C(=O)[C@@]23C)cc(Cl)c1O. The van der Waals surface area contributed by atoms with Gasteiger partial charge in [-0.2, -0.15) is 5.06 Å². The zero-order chi connectivity index (χ0) is 28.8. The summed E-state index contributed by atoms with van der Waals surface area (Å²) in [4.78, 5) is 55.0. The maximum atomic E-state index is 14.3. The number of benzene rings is 2. The van der Waals surface area contributed by atoms with Gasteiger partial charge in [0.1, 0.15) is 5.82 Å². The maximum absolute atomic E-state index is 14.3. The van der Waals surface area contributed by atoms with E-state index in [4.69, 9.17) is 27.9 Å². The van der Waals surface area contributed by atoms with Crippen LogP contribution in [-0.4, -0.2) is 46.1 Å². The molecule has 4 aliphatic rings. The van der Waals surface area contributed by atoms with Gasteiger partial charge in [-0.25, -0.2) is 9.29 Å². The molecule has 4 amide bonds. The molecule has 0 bridgehead atoms. The van der Waals surface area contributed by atoms with Gasteiger partial charge >= 0.3 is 0 Å². The smallest absolute Gasteiger partial charge is 0.257 e. The minimum Gasteiger partial charge on any atom is -0.503 e. The Morgan fingerprint density at radius 1 is 1.02 bits per heavy atom. The second-order valence-corrected chi connectivity index (χ2v) is 11.6. The molecule has 9 nitrogen and oxygen atoms in total. The van der Waals surface area contributed by atoms with Crippen molar-refractivity contribution < 1.29 is 38.6 Å². The summed E-state index contributed by atoms with van der Waals surface area (Å²) in [5.74, 6) is -7.69. The number of nitrogens with zero attached hydrogens (tertiary/aromatic N) is 2. The van der Waals surface area contributed by atoms with Gasteiger partial charge in [0.2, 0.25) is 11.8 Å². The number of carbonyl (C=O) groups excluding carboxylic acids is 4. The van der Waals surface area contributed by atoms with Crippen LogP contribution in [0.25, 0.3) is 0 Å². The van der Waals surface area contributed by atoms with Gasteiger partial charge < -0.3 is 9.84 Å². The van der Waals surface area contributed by atoms with Crippen LogP contribution in [0.3, 0.4) is 0 Å². The number of aromatic hydroxyl groups is 1. The standard InChI is InChI=1S/C28H23Cl2FN2O7/c1-28-16(25(36)32(27(28)38)12-3-6-19(31)17(29)9-12)10-15-13(4-5-14-21(15)26(37)33(39)24(14)35)22(28)11-7-18(30)23(34)20(8-11)40-2/h3-4,6-9,14-16,21-22,34,39H,5,10H2,1-2H3/t14-,15+,16-,21-,22-,28+/m0/s1. The van der Waals surface area contributed by atoms with Gasteiger partial charge in [-0.3, -0.25) is 24.4 Å². The van der Waals surface area contributed by atoms with E-state index in [2.05, 4.69) is 0 Å². The van der Waals surface area contributed by atoms with E-state index >= 15 is 0 Å². The Balaban J connectivity index is 1.56. The highest BCUT2D eigenvalue weighted by molar-refractivity contribution is 6.32. The minimum absolute atomic E-state index is 0.0430. The third-order valence-corrected chi connectivity index (χ3v) is 9.59. The summed E-state index contributed by atoms with van der Waals surface area (Å²) in [6.45, 7) is 1.66. The average Bonchev–Trinajstić information content (AvgIpc) is 3.26. The monoisotopic (exact) mass is 588 g/mol. The molecule has 0 aromatic heterocycles. The van der Waals surface area contributed by atoms with Crippen LogP contribution in [0.15, 0.2) is 42.0 Å². The zero-order valence-electron chi connectivity index (χ0n) is 21.2. The topological polar surface area (TPSA) is 124 Å². The summed E-state index contributed by atoms with van der Waals surface area (Å²) in [7, 11) is 1.34. The van der Waals surface area contributed by atoms with Crippen LogP contribution in [0.2, 0.25) is 10.0 Å². The largest absolute Gasteiger partial charge is 0.503 e. The number of phenolic OH excluding ortho intramolecular Hbond substituents is 1. The summed E-state index contributed by atoms with van der Waals surface area (Å²) in [6.07, 6.45) is 2.01. The molecule has 0 radical (unpaired) electrons. The summed E-state index contributed by atoms with van der Waals surface area (Å²) >= 11 is 12.3. The van der Waals surface area contributed by atoms with Crippen LogP contribution < -0.4 is 9.64 Å². The van der Waals surface area contributed by atoms with Crippen LogP contribution in [0.1, 0.15) is 31.2 Å². The average molecular weight is 589 g/mol. The lowest BCUT2D eigenvalue weighted by atomic mass is 9.51. The molecule has 2 aromatic carbocycles. The van der Waals surface area contributed by atoms with Crippen molar-refractivity contribution in [2.24, 2.45) is 29.1 Å².